The lowest BCUT2D eigenvalue weighted by molar-refractivity contribution is -0.117. The van der Waals surface area contributed by atoms with E-state index in [4.69, 9.17) is 10.5 Å². The molecule has 0 aliphatic carbocycles. The van der Waals surface area contributed by atoms with E-state index in [0.29, 0.717) is 11.6 Å². The van der Waals surface area contributed by atoms with Gasteiger partial charge in [-0.15, -0.1) is 0 Å². The molecule has 0 atom stereocenters. The standard InChI is InChI=1S/C15H11F2NO3/c16-10-3-6-14(12(17)7-10)21-11-4-1-9(2-5-11)13(19)8-15(18)20/h1-7H,8H2,(H2,18,20). The first-order chi connectivity index (χ1) is 9.95. The third-order valence-corrected chi connectivity index (χ3v) is 2.63. The summed E-state index contributed by atoms with van der Waals surface area (Å²) in [6, 6.07) is 8.69. The fourth-order valence-electron chi connectivity index (χ4n) is 1.65. The Hall–Kier alpha value is -2.76. The van der Waals surface area contributed by atoms with E-state index in [1.54, 1.807) is 0 Å². The molecular formula is C15H11F2NO3. The van der Waals surface area contributed by atoms with Crippen molar-refractivity contribution >= 4 is 11.7 Å². The quantitative estimate of drug-likeness (QED) is 0.680. The van der Waals surface area contributed by atoms with E-state index >= 15 is 0 Å². The van der Waals surface area contributed by atoms with Crippen LogP contribution in [-0.2, 0) is 4.79 Å². The number of rotatable bonds is 5. The van der Waals surface area contributed by atoms with Crippen LogP contribution in [0.15, 0.2) is 42.5 Å². The molecule has 108 valence electrons. The van der Waals surface area contributed by atoms with Crippen LogP contribution < -0.4 is 10.5 Å². The molecule has 2 N–H and O–H groups in total. The van der Waals surface area contributed by atoms with Gasteiger partial charge in [0.15, 0.2) is 17.3 Å². The highest BCUT2D eigenvalue weighted by Gasteiger charge is 2.10. The molecule has 4 nitrogen and oxygen atoms in total. The molecule has 0 heterocycles. The zero-order chi connectivity index (χ0) is 15.4. The fourth-order valence-corrected chi connectivity index (χ4v) is 1.65. The summed E-state index contributed by atoms with van der Waals surface area (Å²) in [5.74, 6) is -2.52. The van der Waals surface area contributed by atoms with Gasteiger partial charge in [0.1, 0.15) is 11.6 Å². The normalized spacial score (nSPS) is 10.2. The minimum atomic E-state index is -0.830. The summed E-state index contributed by atoms with van der Waals surface area (Å²) in [7, 11) is 0. The Labute approximate surface area is 119 Å². The number of hydrogen-bond acceptors (Lipinski definition) is 3. The first kappa shape index (κ1) is 14.6. The van der Waals surface area contributed by atoms with E-state index in [9.17, 15) is 18.4 Å². The molecular weight excluding hydrogens is 280 g/mol. The summed E-state index contributed by atoms with van der Waals surface area (Å²) in [5.41, 5.74) is 5.23. The van der Waals surface area contributed by atoms with E-state index in [1.807, 2.05) is 0 Å². The van der Waals surface area contributed by atoms with Gasteiger partial charge in [-0.25, -0.2) is 8.78 Å². The molecule has 0 radical (unpaired) electrons. The number of benzene rings is 2. The van der Waals surface area contributed by atoms with Gasteiger partial charge in [0.05, 0.1) is 6.42 Å². The Bertz CT molecular complexity index is 684. The van der Waals surface area contributed by atoms with Crippen LogP contribution in [0.1, 0.15) is 16.8 Å². The van der Waals surface area contributed by atoms with Gasteiger partial charge in [0.25, 0.3) is 0 Å². The predicted octanol–water partition coefficient (Wildman–Crippen LogP) is 2.82. The van der Waals surface area contributed by atoms with E-state index in [1.165, 1.54) is 24.3 Å². The van der Waals surface area contributed by atoms with E-state index < -0.39 is 23.3 Å². The lowest BCUT2D eigenvalue weighted by Crippen LogP contribution is -2.16. The van der Waals surface area contributed by atoms with Crippen LogP contribution in [0.3, 0.4) is 0 Å². The van der Waals surface area contributed by atoms with Gasteiger partial charge in [-0.2, -0.15) is 0 Å². The first-order valence-electron chi connectivity index (χ1n) is 6.00. The predicted molar refractivity (Wildman–Crippen MR) is 71.0 cm³/mol. The van der Waals surface area contributed by atoms with Crippen LogP contribution in [0.5, 0.6) is 11.5 Å². The number of carbonyl (C=O) groups is 2. The first-order valence-corrected chi connectivity index (χ1v) is 6.00. The molecule has 0 saturated carbocycles. The van der Waals surface area contributed by atoms with Gasteiger partial charge >= 0.3 is 0 Å². The molecule has 0 bridgehead atoms. The largest absolute Gasteiger partial charge is 0.454 e. The second-order valence-electron chi connectivity index (χ2n) is 4.27. The Morgan fingerprint density at radius 2 is 1.71 bits per heavy atom. The number of hydrogen-bond donors (Lipinski definition) is 1. The average molecular weight is 291 g/mol. The van der Waals surface area contributed by atoms with E-state index in [-0.39, 0.29) is 17.9 Å². The summed E-state index contributed by atoms with van der Waals surface area (Å²) in [5, 5.41) is 0. The number of nitrogens with two attached hydrogens (primary N) is 1. The lowest BCUT2D eigenvalue weighted by Gasteiger charge is -2.07. The zero-order valence-corrected chi connectivity index (χ0v) is 10.8. The average Bonchev–Trinajstić information content (AvgIpc) is 2.42. The monoisotopic (exact) mass is 291 g/mol. The van der Waals surface area contributed by atoms with Crippen LogP contribution >= 0.6 is 0 Å². The van der Waals surface area contributed by atoms with Gasteiger partial charge in [-0.3, -0.25) is 9.59 Å². The number of ketones is 1. The maximum absolute atomic E-state index is 13.4. The minimum Gasteiger partial charge on any atom is -0.454 e. The van der Waals surface area contributed by atoms with Gasteiger partial charge < -0.3 is 10.5 Å². The fraction of sp³-hybridized carbons (Fsp3) is 0.0667. The Morgan fingerprint density at radius 1 is 1.05 bits per heavy atom. The zero-order valence-electron chi connectivity index (χ0n) is 10.8. The maximum Gasteiger partial charge on any atom is 0.225 e. The topological polar surface area (TPSA) is 69.4 Å². The second kappa shape index (κ2) is 6.13. The lowest BCUT2D eigenvalue weighted by atomic mass is 10.1. The number of Topliss-reactive ketones (excluding diaryl/α,β-unsaturated/α-hetero) is 1. The van der Waals surface area contributed by atoms with Crippen molar-refractivity contribution in [3.05, 3.63) is 59.7 Å². The Morgan fingerprint density at radius 3 is 2.29 bits per heavy atom. The second-order valence-corrected chi connectivity index (χ2v) is 4.27. The number of carbonyl (C=O) groups excluding carboxylic acids is 2. The Kier molecular flexibility index (Phi) is 4.27. The molecule has 6 heteroatoms. The number of amides is 1. The molecule has 0 fully saturated rings. The summed E-state index contributed by atoms with van der Waals surface area (Å²) in [4.78, 5) is 22.2. The van der Waals surface area contributed by atoms with E-state index in [2.05, 4.69) is 0 Å². The van der Waals surface area contributed by atoms with Crippen molar-refractivity contribution in [1.82, 2.24) is 0 Å². The number of primary amides is 1. The molecule has 21 heavy (non-hydrogen) atoms. The van der Waals surface area contributed by atoms with Gasteiger partial charge in [0.2, 0.25) is 5.91 Å². The van der Waals surface area contributed by atoms with Crippen molar-refractivity contribution in [2.75, 3.05) is 0 Å². The molecule has 0 aliphatic rings. The maximum atomic E-state index is 13.4. The number of ether oxygens (including phenoxy) is 1. The molecule has 0 spiro atoms. The van der Waals surface area contributed by atoms with Crippen molar-refractivity contribution in [1.29, 1.82) is 0 Å². The molecule has 0 aromatic heterocycles. The molecule has 2 aromatic carbocycles. The summed E-state index contributed by atoms with van der Waals surface area (Å²) in [6.07, 6.45) is -0.382. The molecule has 0 unspecified atom stereocenters. The minimum absolute atomic E-state index is 0.132. The molecule has 2 rings (SSSR count). The van der Waals surface area contributed by atoms with Gasteiger partial charge in [-0.1, -0.05) is 0 Å². The SMILES string of the molecule is NC(=O)CC(=O)c1ccc(Oc2ccc(F)cc2F)cc1. The highest BCUT2D eigenvalue weighted by atomic mass is 19.1. The molecule has 0 aliphatic heterocycles. The van der Waals surface area contributed by atoms with Crippen molar-refractivity contribution in [2.24, 2.45) is 5.73 Å². The van der Waals surface area contributed by atoms with Crippen molar-refractivity contribution < 1.29 is 23.1 Å². The Balaban J connectivity index is 2.12. The van der Waals surface area contributed by atoms with Gasteiger partial charge in [-0.05, 0) is 36.4 Å². The number of halogens is 2. The molecule has 1 amide bonds. The van der Waals surface area contributed by atoms with Crippen LogP contribution in [0, 0.1) is 11.6 Å². The van der Waals surface area contributed by atoms with Crippen molar-refractivity contribution in [2.45, 2.75) is 6.42 Å². The third-order valence-electron chi connectivity index (χ3n) is 2.63. The van der Waals surface area contributed by atoms with Crippen LogP contribution in [-0.4, -0.2) is 11.7 Å². The van der Waals surface area contributed by atoms with Gasteiger partial charge in [0, 0.05) is 11.6 Å². The summed E-state index contributed by atoms with van der Waals surface area (Å²) < 4.78 is 31.4. The molecule has 2 aromatic rings. The molecule has 0 saturated heterocycles. The van der Waals surface area contributed by atoms with Crippen LogP contribution in [0.4, 0.5) is 8.78 Å². The van der Waals surface area contributed by atoms with E-state index in [0.717, 1.165) is 12.1 Å². The van der Waals surface area contributed by atoms with Crippen LogP contribution in [0.25, 0.3) is 0 Å². The highest BCUT2D eigenvalue weighted by molar-refractivity contribution is 6.06. The summed E-state index contributed by atoms with van der Waals surface area (Å²) >= 11 is 0. The highest BCUT2D eigenvalue weighted by Crippen LogP contribution is 2.25. The van der Waals surface area contributed by atoms with Crippen molar-refractivity contribution in [3.63, 3.8) is 0 Å². The smallest absolute Gasteiger partial charge is 0.225 e. The summed E-state index contributed by atoms with van der Waals surface area (Å²) in [6.45, 7) is 0. The van der Waals surface area contributed by atoms with Crippen LogP contribution in [0.2, 0.25) is 0 Å². The third kappa shape index (κ3) is 3.85. The van der Waals surface area contributed by atoms with Crippen molar-refractivity contribution in [3.8, 4) is 11.5 Å².